The lowest BCUT2D eigenvalue weighted by Crippen LogP contribution is -2.22. The van der Waals surface area contributed by atoms with Crippen molar-refractivity contribution in [3.8, 4) is 0 Å². The molecule has 1 amide bonds. The molecule has 0 fully saturated rings. The molecule has 0 aliphatic heterocycles. The first kappa shape index (κ1) is 20.9. The molecule has 0 radical (unpaired) electrons. The van der Waals surface area contributed by atoms with E-state index in [1.165, 1.54) is 11.8 Å². The number of aromatic nitrogens is 2. The first-order chi connectivity index (χ1) is 14.1. The molecule has 150 valence electrons. The topological polar surface area (TPSA) is 94.3 Å². The number of hydrogen-bond acceptors (Lipinski definition) is 8. The highest BCUT2D eigenvalue weighted by molar-refractivity contribution is 7.99. The van der Waals surface area contributed by atoms with E-state index in [2.05, 4.69) is 15.5 Å². The van der Waals surface area contributed by atoms with Crippen LogP contribution in [0.2, 0.25) is 0 Å². The lowest BCUT2D eigenvalue weighted by molar-refractivity contribution is -0.144. The Kier molecular flexibility index (Phi) is 7.71. The van der Waals surface area contributed by atoms with Gasteiger partial charge in [-0.1, -0.05) is 47.3 Å². The van der Waals surface area contributed by atoms with Crippen molar-refractivity contribution in [3.05, 3.63) is 66.3 Å². The fourth-order valence-electron chi connectivity index (χ4n) is 2.27. The second kappa shape index (κ2) is 10.7. The summed E-state index contributed by atoms with van der Waals surface area (Å²) in [6.45, 7) is 1.36. The van der Waals surface area contributed by atoms with Crippen molar-refractivity contribution < 1.29 is 18.8 Å². The zero-order valence-electron chi connectivity index (χ0n) is 15.7. The molecule has 9 heteroatoms. The van der Waals surface area contributed by atoms with Crippen molar-refractivity contribution >= 4 is 41.1 Å². The van der Waals surface area contributed by atoms with E-state index < -0.39 is 11.9 Å². The van der Waals surface area contributed by atoms with Gasteiger partial charge in [0.05, 0.1) is 17.2 Å². The van der Waals surface area contributed by atoms with E-state index in [1.54, 1.807) is 18.7 Å². The molecule has 1 N–H and O–H groups in total. The van der Waals surface area contributed by atoms with Crippen LogP contribution in [0.5, 0.6) is 0 Å². The number of benzene rings is 2. The molecule has 2 aromatic carbocycles. The minimum atomic E-state index is -0.475. The fraction of sp³-hybridized carbons (Fsp3) is 0.200. The maximum absolute atomic E-state index is 12.2. The predicted octanol–water partition coefficient (Wildman–Crippen LogP) is 3.94. The predicted molar refractivity (Wildman–Crippen MR) is 112 cm³/mol. The molecule has 29 heavy (non-hydrogen) atoms. The van der Waals surface area contributed by atoms with E-state index in [9.17, 15) is 9.59 Å². The molecule has 0 bridgehead atoms. The highest BCUT2D eigenvalue weighted by Gasteiger charge is 2.12. The van der Waals surface area contributed by atoms with Crippen LogP contribution >= 0.6 is 23.5 Å². The Balaban J connectivity index is 1.44. The summed E-state index contributed by atoms with van der Waals surface area (Å²) in [6.07, 6.45) is 0. The second-order valence-corrected chi connectivity index (χ2v) is 7.94. The van der Waals surface area contributed by atoms with Gasteiger partial charge in [-0.15, -0.1) is 11.8 Å². The van der Waals surface area contributed by atoms with E-state index in [0.717, 1.165) is 9.79 Å². The molecule has 3 aromatic rings. The van der Waals surface area contributed by atoms with Gasteiger partial charge in [0.15, 0.2) is 12.4 Å². The monoisotopic (exact) mass is 429 g/mol. The molecule has 0 saturated carbocycles. The average molecular weight is 430 g/mol. The highest BCUT2D eigenvalue weighted by atomic mass is 32.2. The third kappa shape index (κ3) is 6.95. The molecule has 0 unspecified atom stereocenters. The van der Waals surface area contributed by atoms with Gasteiger partial charge in [0.1, 0.15) is 0 Å². The number of nitrogens with one attached hydrogen (secondary N) is 1. The third-order valence-electron chi connectivity index (χ3n) is 3.52. The molecule has 1 aromatic heterocycles. The minimum Gasteiger partial charge on any atom is -0.455 e. The van der Waals surface area contributed by atoms with Crippen molar-refractivity contribution in [1.29, 1.82) is 0 Å². The number of thioether (sulfide) groups is 1. The largest absolute Gasteiger partial charge is 0.455 e. The van der Waals surface area contributed by atoms with Gasteiger partial charge in [0.25, 0.3) is 5.91 Å². The molecule has 3 rings (SSSR count). The van der Waals surface area contributed by atoms with E-state index in [-0.39, 0.29) is 12.4 Å². The van der Waals surface area contributed by atoms with Crippen LogP contribution in [0, 0.1) is 6.92 Å². The number of hydrogen-bond donors (Lipinski definition) is 1. The summed E-state index contributed by atoms with van der Waals surface area (Å²) >= 11 is 2.84. The number of aryl methyl sites for hydroxylation is 1. The number of para-hydroxylation sites is 1. The highest BCUT2D eigenvalue weighted by Crippen LogP contribution is 2.33. The SMILES string of the molecule is Cc1nc(CSCC(=O)OCC(=O)Nc2ccccc2Sc2ccccc2)no1. The number of carbonyl (C=O) groups excluding carboxylic acids is 2. The Morgan fingerprint density at radius 1 is 1.10 bits per heavy atom. The van der Waals surface area contributed by atoms with Crippen LogP contribution in [0.25, 0.3) is 0 Å². The molecule has 0 saturated heterocycles. The number of esters is 1. The standard InChI is InChI=1S/C20H19N3O4S2/c1-14-21-18(23-27-14)12-28-13-20(25)26-11-19(24)22-16-9-5-6-10-17(16)29-15-7-3-2-4-8-15/h2-10H,11-13H2,1H3,(H,22,24). The Bertz CT molecular complexity index is 963. The molecular formula is C20H19N3O4S2. The molecule has 0 aliphatic carbocycles. The van der Waals surface area contributed by atoms with Crippen molar-refractivity contribution in [3.63, 3.8) is 0 Å². The first-order valence-electron chi connectivity index (χ1n) is 8.74. The number of amides is 1. The van der Waals surface area contributed by atoms with Crippen LogP contribution in [0.4, 0.5) is 5.69 Å². The summed E-state index contributed by atoms with van der Waals surface area (Å²) in [5, 5.41) is 6.54. The van der Waals surface area contributed by atoms with Crippen molar-refractivity contribution in [2.24, 2.45) is 0 Å². The second-order valence-electron chi connectivity index (χ2n) is 5.84. The zero-order valence-corrected chi connectivity index (χ0v) is 17.3. The van der Waals surface area contributed by atoms with E-state index in [4.69, 9.17) is 9.26 Å². The zero-order chi connectivity index (χ0) is 20.5. The van der Waals surface area contributed by atoms with Crippen LogP contribution in [0.1, 0.15) is 11.7 Å². The van der Waals surface area contributed by atoms with Gasteiger partial charge in [0.2, 0.25) is 5.89 Å². The van der Waals surface area contributed by atoms with Crippen LogP contribution in [-0.4, -0.2) is 34.4 Å². The quantitative estimate of drug-likeness (QED) is 0.511. The Morgan fingerprint density at radius 3 is 2.62 bits per heavy atom. The van der Waals surface area contributed by atoms with E-state index >= 15 is 0 Å². The van der Waals surface area contributed by atoms with E-state index in [0.29, 0.717) is 23.2 Å². The number of rotatable bonds is 9. The van der Waals surface area contributed by atoms with Crippen LogP contribution < -0.4 is 5.32 Å². The van der Waals surface area contributed by atoms with Crippen LogP contribution in [-0.2, 0) is 20.1 Å². The number of nitrogens with zero attached hydrogens (tertiary/aromatic N) is 2. The molecule has 7 nitrogen and oxygen atoms in total. The van der Waals surface area contributed by atoms with Gasteiger partial charge < -0.3 is 14.6 Å². The maximum atomic E-state index is 12.2. The van der Waals surface area contributed by atoms with Gasteiger partial charge in [-0.3, -0.25) is 9.59 Å². The minimum absolute atomic E-state index is 0.0985. The summed E-state index contributed by atoms with van der Waals surface area (Å²) in [5.74, 6) is 0.663. The fourth-order valence-corrected chi connectivity index (χ4v) is 3.85. The van der Waals surface area contributed by atoms with Crippen molar-refractivity contribution in [1.82, 2.24) is 10.1 Å². The molecule has 1 heterocycles. The van der Waals surface area contributed by atoms with Gasteiger partial charge in [0, 0.05) is 16.7 Å². The van der Waals surface area contributed by atoms with Gasteiger partial charge in [-0.05, 0) is 24.3 Å². The van der Waals surface area contributed by atoms with Crippen LogP contribution in [0.15, 0.2) is 68.9 Å². The summed E-state index contributed by atoms with van der Waals surface area (Å²) < 4.78 is 9.89. The summed E-state index contributed by atoms with van der Waals surface area (Å²) in [7, 11) is 0. The van der Waals surface area contributed by atoms with E-state index in [1.807, 2.05) is 54.6 Å². The summed E-state index contributed by atoms with van der Waals surface area (Å²) in [5.41, 5.74) is 0.671. The number of carbonyl (C=O) groups is 2. The molecular weight excluding hydrogens is 410 g/mol. The number of anilines is 1. The molecule has 0 spiro atoms. The van der Waals surface area contributed by atoms with Crippen molar-refractivity contribution in [2.45, 2.75) is 22.5 Å². The normalized spacial score (nSPS) is 10.5. The Labute approximate surface area is 176 Å². The summed E-state index contributed by atoms with van der Waals surface area (Å²) in [6, 6.07) is 17.4. The van der Waals surface area contributed by atoms with Gasteiger partial charge in [-0.25, -0.2) is 0 Å². The first-order valence-corrected chi connectivity index (χ1v) is 10.7. The van der Waals surface area contributed by atoms with Gasteiger partial charge >= 0.3 is 5.97 Å². The van der Waals surface area contributed by atoms with Gasteiger partial charge in [-0.2, -0.15) is 4.98 Å². The maximum Gasteiger partial charge on any atom is 0.316 e. The lowest BCUT2D eigenvalue weighted by atomic mass is 10.3. The molecule has 0 atom stereocenters. The molecule has 0 aliphatic rings. The third-order valence-corrected chi connectivity index (χ3v) is 5.50. The lowest BCUT2D eigenvalue weighted by Gasteiger charge is -2.11. The smallest absolute Gasteiger partial charge is 0.316 e. The Hall–Kier alpha value is -2.78. The average Bonchev–Trinajstić information content (AvgIpc) is 3.14. The Morgan fingerprint density at radius 2 is 1.86 bits per heavy atom. The summed E-state index contributed by atoms with van der Waals surface area (Å²) in [4.78, 5) is 30.0. The van der Waals surface area contributed by atoms with Crippen LogP contribution in [0.3, 0.4) is 0 Å². The van der Waals surface area contributed by atoms with Crippen molar-refractivity contribution in [2.75, 3.05) is 17.7 Å². The number of ether oxygens (including phenoxy) is 1.